The van der Waals surface area contributed by atoms with Gasteiger partial charge in [0.1, 0.15) is 6.10 Å². The minimum Gasteiger partial charge on any atom is -0.446 e. The molecule has 25 heavy (non-hydrogen) atoms. The number of nitrogens with zero attached hydrogens (tertiary/aromatic N) is 1. The zero-order chi connectivity index (χ0) is 17.6. The smallest absolute Gasteiger partial charge is 0.407 e. The van der Waals surface area contributed by atoms with Crippen LogP contribution in [0.15, 0.2) is 35.9 Å². The van der Waals surface area contributed by atoms with Gasteiger partial charge >= 0.3 is 6.09 Å². The van der Waals surface area contributed by atoms with Crippen molar-refractivity contribution in [3.63, 3.8) is 0 Å². The lowest BCUT2D eigenvalue weighted by molar-refractivity contribution is 0.0458. The predicted molar refractivity (Wildman–Crippen MR) is 98.2 cm³/mol. The van der Waals surface area contributed by atoms with Gasteiger partial charge in [-0.2, -0.15) is 0 Å². The van der Waals surface area contributed by atoms with Gasteiger partial charge in [-0.3, -0.25) is 0 Å². The van der Waals surface area contributed by atoms with Crippen molar-refractivity contribution in [2.75, 3.05) is 26.2 Å². The molecule has 0 spiro atoms. The number of likely N-dealkylation sites (tertiary alicyclic amines) is 1. The number of carbonyl (C=O) groups excluding carboxylic acids is 1. The van der Waals surface area contributed by atoms with Gasteiger partial charge in [-0.25, -0.2) is 4.79 Å². The maximum Gasteiger partial charge on any atom is 0.407 e. The van der Waals surface area contributed by atoms with Gasteiger partial charge in [0, 0.05) is 31.6 Å². The highest BCUT2D eigenvalue weighted by Crippen LogP contribution is 2.38. The Hall–Kier alpha value is -1.85. The Kier molecular flexibility index (Phi) is 6.10. The highest BCUT2D eigenvalue weighted by atomic mass is 16.6. The Balaban J connectivity index is 1.39. The van der Waals surface area contributed by atoms with Crippen molar-refractivity contribution in [1.82, 2.24) is 10.2 Å². The van der Waals surface area contributed by atoms with Crippen molar-refractivity contribution in [3.05, 3.63) is 41.5 Å². The molecule has 1 aromatic carbocycles. The van der Waals surface area contributed by atoms with Crippen molar-refractivity contribution in [1.29, 1.82) is 0 Å². The fourth-order valence-corrected chi connectivity index (χ4v) is 3.51. The summed E-state index contributed by atoms with van der Waals surface area (Å²) in [4.78, 5) is 14.3. The van der Waals surface area contributed by atoms with E-state index in [0.717, 1.165) is 32.4 Å². The van der Waals surface area contributed by atoms with Crippen LogP contribution in [0.25, 0.3) is 6.08 Å². The summed E-state index contributed by atoms with van der Waals surface area (Å²) in [5.41, 5.74) is 2.50. The number of nitrogens with one attached hydrogen (secondary N) is 1. The maximum absolute atomic E-state index is 12.1. The molecule has 3 rings (SSSR count). The van der Waals surface area contributed by atoms with Crippen LogP contribution in [-0.2, 0) is 4.74 Å². The quantitative estimate of drug-likeness (QED) is 0.833. The van der Waals surface area contributed by atoms with Crippen LogP contribution < -0.4 is 5.32 Å². The molecule has 2 N–H and O–H groups in total. The minimum absolute atomic E-state index is 0.00639. The molecule has 0 unspecified atom stereocenters. The number of aliphatic hydroxyl groups excluding tert-OH is 1. The molecule has 1 aromatic rings. The zero-order valence-electron chi connectivity index (χ0n) is 14.9. The number of benzene rings is 1. The van der Waals surface area contributed by atoms with Gasteiger partial charge in [-0.05, 0) is 31.7 Å². The van der Waals surface area contributed by atoms with Gasteiger partial charge in [0.25, 0.3) is 0 Å². The molecule has 1 saturated heterocycles. The van der Waals surface area contributed by atoms with E-state index in [-0.39, 0.29) is 24.8 Å². The average molecular weight is 344 g/mol. The third-order valence-corrected chi connectivity index (χ3v) is 5.10. The van der Waals surface area contributed by atoms with E-state index < -0.39 is 0 Å². The van der Waals surface area contributed by atoms with E-state index >= 15 is 0 Å². The fourth-order valence-electron chi connectivity index (χ4n) is 3.51. The van der Waals surface area contributed by atoms with Gasteiger partial charge < -0.3 is 20.1 Å². The first kappa shape index (κ1) is 18.0. The molecule has 136 valence electrons. The van der Waals surface area contributed by atoms with E-state index in [9.17, 15) is 4.79 Å². The molecule has 2 aliphatic rings. The summed E-state index contributed by atoms with van der Waals surface area (Å²) in [6, 6.07) is 10.5. The molecule has 0 aromatic heterocycles. The molecule has 1 amide bonds. The zero-order valence-corrected chi connectivity index (χ0v) is 14.9. The highest BCUT2D eigenvalue weighted by molar-refractivity contribution is 5.69. The first-order valence-electron chi connectivity index (χ1n) is 9.19. The number of hydrogen-bond acceptors (Lipinski definition) is 4. The minimum atomic E-state index is -0.291. The largest absolute Gasteiger partial charge is 0.446 e. The van der Waals surface area contributed by atoms with Gasteiger partial charge in [-0.15, -0.1) is 0 Å². The van der Waals surface area contributed by atoms with E-state index in [1.54, 1.807) is 0 Å². The SMILES string of the molecule is C/C(=C\c1ccccc1)[C@@H]1C[C@H]1NC(=O)OC1CCN(CCO)CC1. The summed E-state index contributed by atoms with van der Waals surface area (Å²) in [6.45, 7) is 4.77. The Morgan fingerprint density at radius 1 is 1.32 bits per heavy atom. The lowest BCUT2D eigenvalue weighted by Gasteiger charge is -2.31. The van der Waals surface area contributed by atoms with E-state index in [1.165, 1.54) is 11.1 Å². The molecule has 1 aliphatic heterocycles. The highest BCUT2D eigenvalue weighted by Gasteiger charge is 2.40. The van der Waals surface area contributed by atoms with Crippen molar-refractivity contribution in [2.45, 2.75) is 38.3 Å². The molecular weight excluding hydrogens is 316 g/mol. The van der Waals surface area contributed by atoms with Crippen molar-refractivity contribution < 1.29 is 14.6 Å². The summed E-state index contributed by atoms with van der Waals surface area (Å²) in [6.07, 6.45) is 4.56. The molecule has 1 heterocycles. The molecule has 1 saturated carbocycles. The Morgan fingerprint density at radius 3 is 2.72 bits per heavy atom. The number of hydrogen-bond donors (Lipinski definition) is 2. The number of carbonyl (C=O) groups is 1. The summed E-state index contributed by atoms with van der Waals surface area (Å²) >= 11 is 0. The van der Waals surface area contributed by atoms with Gasteiger partial charge in [0.15, 0.2) is 0 Å². The maximum atomic E-state index is 12.1. The van der Waals surface area contributed by atoms with Crippen LogP contribution in [-0.4, -0.2) is 54.5 Å². The molecule has 0 radical (unpaired) electrons. The van der Waals surface area contributed by atoms with E-state index in [1.807, 2.05) is 18.2 Å². The lowest BCUT2D eigenvalue weighted by atomic mass is 10.1. The number of β-amino-alcohol motifs (C(OH)–C–C–N with tert-alkyl or cyclic N) is 1. The van der Waals surface area contributed by atoms with Crippen LogP contribution in [0.2, 0.25) is 0 Å². The summed E-state index contributed by atoms with van der Waals surface area (Å²) in [5.74, 6) is 0.416. The topological polar surface area (TPSA) is 61.8 Å². The van der Waals surface area contributed by atoms with Gasteiger partial charge in [0.2, 0.25) is 0 Å². The standard InChI is InChI=1S/C20H28N2O3/c1-15(13-16-5-3-2-4-6-16)18-14-19(18)21-20(24)25-17-7-9-22(10-8-17)11-12-23/h2-6,13,17-19,23H,7-12,14H2,1H3,(H,21,24)/b15-13+/t18-,19+/m0/s1. The van der Waals surface area contributed by atoms with Gasteiger partial charge in [0.05, 0.1) is 6.61 Å². The first-order chi connectivity index (χ1) is 12.2. The molecule has 2 fully saturated rings. The Bertz CT molecular complexity index is 594. The number of aliphatic hydroxyl groups is 1. The van der Waals surface area contributed by atoms with Crippen molar-refractivity contribution in [2.24, 2.45) is 5.92 Å². The monoisotopic (exact) mass is 344 g/mol. The van der Waals surface area contributed by atoms with Crippen LogP contribution in [0.3, 0.4) is 0 Å². The third-order valence-electron chi connectivity index (χ3n) is 5.10. The van der Waals surface area contributed by atoms with E-state index in [2.05, 4.69) is 35.3 Å². The molecule has 5 heteroatoms. The van der Waals surface area contributed by atoms with E-state index in [4.69, 9.17) is 9.84 Å². The number of amides is 1. The lowest BCUT2D eigenvalue weighted by Crippen LogP contribution is -2.41. The van der Waals surface area contributed by atoms with Crippen LogP contribution in [0.4, 0.5) is 4.79 Å². The summed E-state index contributed by atoms with van der Waals surface area (Å²) < 4.78 is 5.56. The molecular formula is C20H28N2O3. The fraction of sp³-hybridized carbons (Fsp3) is 0.550. The Morgan fingerprint density at radius 2 is 2.04 bits per heavy atom. The molecule has 1 aliphatic carbocycles. The second-order valence-corrected chi connectivity index (χ2v) is 7.06. The third kappa shape index (κ3) is 5.31. The van der Waals surface area contributed by atoms with Gasteiger partial charge in [-0.1, -0.05) is 42.0 Å². The molecule has 5 nitrogen and oxygen atoms in total. The number of piperidine rings is 1. The normalized spacial score (nSPS) is 24.8. The second-order valence-electron chi connectivity index (χ2n) is 7.06. The predicted octanol–water partition coefficient (Wildman–Crippen LogP) is 2.66. The van der Waals surface area contributed by atoms with Crippen LogP contribution in [0, 0.1) is 5.92 Å². The summed E-state index contributed by atoms with van der Waals surface area (Å²) in [7, 11) is 0. The number of rotatable bonds is 6. The summed E-state index contributed by atoms with van der Waals surface area (Å²) in [5, 5.41) is 12.0. The second kappa shape index (κ2) is 8.50. The van der Waals surface area contributed by atoms with Crippen LogP contribution in [0.1, 0.15) is 31.7 Å². The molecule has 0 bridgehead atoms. The van der Waals surface area contributed by atoms with Crippen molar-refractivity contribution in [3.8, 4) is 0 Å². The van der Waals surface area contributed by atoms with Crippen LogP contribution >= 0.6 is 0 Å². The number of ether oxygens (including phenoxy) is 1. The van der Waals surface area contributed by atoms with Crippen molar-refractivity contribution >= 4 is 12.2 Å². The number of alkyl carbamates (subject to hydrolysis) is 1. The van der Waals surface area contributed by atoms with E-state index in [0.29, 0.717) is 12.5 Å². The Labute approximate surface area is 149 Å². The van der Waals surface area contributed by atoms with Crippen LogP contribution in [0.5, 0.6) is 0 Å². The molecule has 2 atom stereocenters. The average Bonchev–Trinajstić information content (AvgIpc) is 3.37. The first-order valence-corrected chi connectivity index (χ1v) is 9.19.